The van der Waals surface area contributed by atoms with Crippen molar-refractivity contribution in [2.45, 2.75) is 165 Å². The molecule has 5 fully saturated rings. The first kappa shape index (κ1) is 118. The van der Waals surface area contributed by atoms with E-state index in [0.29, 0.717) is 125 Å². The number of nitrogens with one attached hydrogen (secondary N) is 5. The Morgan fingerprint density at radius 3 is 1.27 bits per heavy atom. The van der Waals surface area contributed by atoms with E-state index in [1.165, 1.54) is 92.9 Å². The van der Waals surface area contributed by atoms with Crippen LogP contribution in [0.4, 0.5) is 27.2 Å². The van der Waals surface area contributed by atoms with Gasteiger partial charge in [-0.3, -0.25) is 15.0 Å². The van der Waals surface area contributed by atoms with Crippen LogP contribution in [0, 0.1) is 43.0 Å². The van der Waals surface area contributed by atoms with Gasteiger partial charge in [-0.05, 0) is 279 Å². The Bertz CT molecular complexity index is 6560. The van der Waals surface area contributed by atoms with E-state index in [-0.39, 0.29) is 114 Å². The molecule has 0 bridgehead atoms. The Labute approximate surface area is 898 Å². The molecular formula is C100H110Cl7F4N20NaO11S2. The van der Waals surface area contributed by atoms with Crippen LogP contribution in [0.5, 0.6) is 0 Å². The second kappa shape index (κ2) is 54.9. The maximum atomic E-state index is 15.6. The second-order valence-corrected chi connectivity index (χ2v) is 41.3. The van der Waals surface area contributed by atoms with Gasteiger partial charge in [0.1, 0.15) is 71.2 Å². The Kier molecular flexibility index (Phi) is 44.7. The number of aryl methyl sites for hydroxylation is 2. The van der Waals surface area contributed by atoms with Crippen LogP contribution >= 0.6 is 82.8 Å². The molecular weight excluding hydrogens is 2070 g/mol. The maximum absolute atomic E-state index is 15.6. The number of hydrogen-bond donors (Lipinski definition) is 5. The second-order valence-electron chi connectivity index (χ2n) is 35.8. The van der Waals surface area contributed by atoms with E-state index in [1.54, 1.807) is 101 Å². The van der Waals surface area contributed by atoms with Crippen LogP contribution in [0.15, 0.2) is 211 Å². The number of hydrazone groups is 1. The molecule has 766 valence electrons. The van der Waals surface area contributed by atoms with Crippen molar-refractivity contribution in [1.82, 2.24) is 94.7 Å². The normalized spacial score (nSPS) is 14.8. The standard InChI is InChI=1S/C30H31ClFN5O4S.C23H31N5O4S.2C18H17ClFN5.C7H3Cl2FO.C4H8O.2ClH.Na.H2O/c1-19-5-8-22(9-6-19)42(39,40)37-28(23-10-7-21(31)17-24(23)32)26(25-11-14-33-18-34-25)27(35-37)20-12-15-36(16-13-20)29(38)41-30(2,3)4;1-17-5-7-20(8-6-17)33(30,31)27-26-21(15-19-9-12-24-16-25-19)18-10-13-28(14-11-18)22(29)32-23(2,3)4;2*19-12-1-2-13(14(20)9-12)18-16(15-5-8-22-10-23-15)17(24-25-18)11-3-6-21-7-4-11;8-4-1-2-5(7(9)11)6(10)3-4;1-2-4-5-3-1;;;;/h5-11,14,17-18,20H,12-13,15-16H2,1-4H3;5-9,12,16,18,27H,10-11,13-15H2,1-4H3;2*1-2,5,8-11,21H,3-4,6-7H2,(H,24,25);1-3H;1-4H2;2*1H;;1H2/q;;;;;;;;+1;/p-1/b;26-21+;;;;;;;;. The van der Waals surface area contributed by atoms with Crippen LogP contribution in [0.1, 0.15) is 168 Å². The van der Waals surface area contributed by atoms with Crippen LogP contribution in [0.3, 0.4) is 0 Å². The van der Waals surface area contributed by atoms with E-state index >= 15 is 4.39 Å². The van der Waals surface area contributed by atoms with Gasteiger partial charge >= 0.3 is 41.7 Å². The molecule has 5 aliphatic rings. The predicted molar refractivity (Wildman–Crippen MR) is 550 cm³/mol. The van der Waals surface area contributed by atoms with Crippen molar-refractivity contribution in [2.75, 3.05) is 65.6 Å². The van der Waals surface area contributed by atoms with Gasteiger partial charge in [0, 0.05) is 165 Å². The average molecular weight is 2180 g/mol. The number of aromatic nitrogens is 14. The molecule has 145 heavy (non-hydrogen) atoms. The molecule has 6 N–H and O–H groups in total. The minimum absolute atomic E-state index is 0. The molecule has 0 unspecified atom stereocenters. The quantitative estimate of drug-likeness (QED) is 0.0175. The molecule has 0 spiro atoms. The molecule has 5 aliphatic heterocycles. The zero-order chi connectivity index (χ0) is 101. The van der Waals surface area contributed by atoms with Crippen molar-refractivity contribution in [3.63, 3.8) is 0 Å². The Balaban J connectivity index is 0.000000206. The number of rotatable bonds is 18. The van der Waals surface area contributed by atoms with E-state index in [9.17, 15) is 44.4 Å². The summed E-state index contributed by atoms with van der Waals surface area (Å²) in [5.74, 6) is -1.78. The molecule has 12 heterocycles. The fraction of sp³-hybridized carbons (Fsp3) is 0.350. The Morgan fingerprint density at radius 1 is 0.497 bits per heavy atom. The van der Waals surface area contributed by atoms with Crippen LogP contribution in [-0.4, -0.2) is 201 Å². The minimum Gasteiger partial charge on any atom is -0.870 e. The molecule has 5 saturated heterocycles. The van der Waals surface area contributed by atoms with Gasteiger partial charge in [-0.2, -0.15) is 41.3 Å². The number of carbonyl (C=O) groups excluding carboxylic acids is 3. The van der Waals surface area contributed by atoms with Crippen LogP contribution < -0.4 is 45.0 Å². The predicted octanol–water partition coefficient (Wildman–Crippen LogP) is 18.7. The van der Waals surface area contributed by atoms with Gasteiger partial charge in [-0.1, -0.05) is 81.8 Å². The molecule has 0 atom stereocenters. The monoisotopic (exact) mass is 2170 g/mol. The number of hydrogen-bond acceptors (Lipinski definition) is 25. The fourth-order valence-corrected chi connectivity index (χ4v) is 19.2. The maximum Gasteiger partial charge on any atom is 1.00 e. The van der Waals surface area contributed by atoms with Gasteiger partial charge in [0.05, 0.1) is 49.4 Å². The van der Waals surface area contributed by atoms with Crippen molar-refractivity contribution in [3.05, 3.63) is 279 Å². The summed E-state index contributed by atoms with van der Waals surface area (Å²) in [6, 6.07) is 37.1. The first-order valence-corrected chi connectivity index (χ1v) is 50.6. The number of ether oxygens (including phenoxy) is 3. The summed E-state index contributed by atoms with van der Waals surface area (Å²) in [5, 5.41) is 31.2. The molecule has 31 nitrogen and oxygen atoms in total. The van der Waals surface area contributed by atoms with Crippen molar-refractivity contribution >= 4 is 126 Å². The molecule has 0 aliphatic carbocycles. The van der Waals surface area contributed by atoms with Crippen molar-refractivity contribution in [1.29, 1.82) is 0 Å². The number of benzene rings is 6. The first-order chi connectivity index (χ1) is 67.5. The Morgan fingerprint density at radius 2 is 0.890 bits per heavy atom. The van der Waals surface area contributed by atoms with Crippen molar-refractivity contribution in [2.24, 2.45) is 11.0 Å². The summed E-state index contributed by atoms with van der Waals surface area (Å²) in [4.78, 5) is 74.7. The number of carbonyl (C=O) groups is 3. The smallest absolute Gasteiger partial charge is 0.870 e. The van der Waals surface area contributed by atoms with E-state index < -0.39 is 65.9 Å². The van der Waals surface area contributed by atoms with Crippen LogP contribution in [0.2, 0.25) is 20.1 Å². The third-order valence-electron chi connectivity index (χ3n) is 23.4. The number of likely N-dealkylation sites (tertiary alicyclic amines) is 2. The van der Waals surface area contributed by atoms with E-state index in [1.807, 2.05) is 67.5 Å². The third-order valence-corrected chi connectivity index (χ3v) is 27.3. The molecule has 6 aromatic carbocycles. The van der Waals surface area contributed by atoms with Crippen LogP contribution in [-0.2, 0) is 40.7 Å². The molecule has 2 amide bonds. The van der Waals surface area contributed by atoms with Crippen molar-refractivity contribution in [3.8, 4) is 67.5 Å². The average Bonchev–Trinajstić information content (AvgIpc) is 1.58. The zero-order valence-corrected chi connectivity index (χ0v) is 90.0. The molecule has 18 rings (SSSR count). The number of sulfonamides is 1. The third kappa shape index (κ3) is 32.5. The summed E-state index contributed by atoms with van der Waals surface area (Å²) in [7, 11) is -8.08. The minimum atomic E-state index is -4.28. The van der Waals surface area contributed by atoms with Crippen molar-refractivity contribution < 1.29 is 98.0 Å². The number of halogens is 11. The number of aromatic amines is 2. The van der Waals surface area contributed by atoms with Gasteiger partial charge in [0.2, 0.25) is 0 Å². The topological polar surface area (TPSA) is 410 Å². The summed E-state index contributed by atoms with van der Waals surface area (Å²) >= 11 is 28.3. The fourth-order valence-electron chi connectivity index (χ4n) is 16.3. The molecule has 45 heteroatoms. The zero-order valence-electron chi connectivity index (χ0n) is 80.9. The Hall–Kier alpha value is -10.6. The van der Waals surface area contributed by atoms with Crippen LogP contribution in [0.25, 0.3) is 67.5 Å². The molecule has 13 aromatic rings. The first-order valence-electron chi connectivity index (χ1n) is 45.7. The van der Waals surface area contributed by atoms with E-state index in [0.717, 1.165) is 132 Å². The number of nitrogens with zero attached hydrogens (tertiary/aromatic N) is 15. The van der Waals surface area contributed by atoms with E-state index in [2.05, 4.69) is 85.9 Å². The van der Waals surface area contributed by atoms with Gasteiger partial charge in [0.25, 0.3) is 25.3 Å². The van der Waals surface area contributed by atoms with E-state index in [4.69, 9.17) is 72.2 Å². The van der Waals surface area contributed by atoms with Gasteiger partial charge in [-0.15, -0.1) is 24.8 Å². The van der Waals surface area contributed by atoms with Gasteiger partial charge in [0.15, 0.2) is 0 Å². The summed E-state index contributed by atoms with van der Waals surface area (Å²) in [5.41, 5.74) is 10.3. The number of piperidine rings is 4. The molecule has 7 aromatic heterocycles. The number of amides is 2. The SMILES string of the molecule is C1CCOC1.Cc1ccc(S(=O)(=O)N/N=C(\Cc2ccncn2)C2CCN(C(=O)OC(C)(C)C)CC2)cc1.Cc1ccc(S(=O)(=O)n2nc(C3CCN(C(=O)OC(C)(C)C)CC3)c(-c3ccncn3)c2-c2ccc(Cl)cc2F)cc1.Cl.Cl.Fc1cc(Cl)ccc1-c1n[nH]c(C2CCNCC2)c1-c1ccncn1.Fc1cc(Cl)ccc1-c1n[nH]c(C2CCNCC2)c1-c1ccncn1.O=C(Cl)c1ccc(Cl)cc1F.[Na+].[OH-]. The largest absolute Gasteiger partial charge is 1.00 e. The summed E-state index contributed by atoms with van der Waals surface area (Å²) in [6.45, 7) is 22.3. The molecule has 0 radical (unpaired) electrons. The summed E-state index contributed by atoms with van der Waals surface area (Å²) in [6.07, 6.45) is 20.8. The molecule has 0 saturated carbocycles. The summed E-state index contributed by atoms with van der Waals surface area (Å²) < 4.78 is 128. The van der Waals surface area contributed by atoms with Gasteiger partial charge in [-0.25, -0.2) is 71.9 Å². The number of H-pyrrole nitrogens is 2. The van der Waals surface area contributed by atoms with Gasteiger partial charge < -0.3 is 40.1 Å².